The molecule has 1 aliphatic rings. The average molecular weight is 352 g/mol. The van der Waals surface area contributed by atoms with Crippen LogP contribution in [0.4, 0.5) is 0 Å². The van der Waals surface area contributed by atoms with Gasteiger partial charge in [0.25, 0.3) is 0 Å². The molecule has 122 valence electrons. The highest BCUT2D eigenvalue weighted by Crippen LogP contribution is 2.39. The summed E-state index contributed by atoms with van der Waals surface area (Å²) in [4.78, 5) is 12.1. The Hall–Kier alpha value is -1.73. The number of nitrogens with two attached hydrogens (primary N) is 1. The zero-order valence-corrected chi connectivity index (χ0v) is 14.3. The third-order valence-corrected chi connectivity index (χ3v) is 4.87. The molecule has 1 atom stereocenters. The lowest BCUT2D eigenvalue weighted by Crippen LogP contribution is -2.28. The van der Waals surface area contributed by atoms with Gasteiger partial charge in [-0.25, -0.2) is 4.68 Å². The molecule has 6 nitrogen and oxygen atoms in total. The van der Waals surface area contributed by atoms with Crippen molar-refractivity contribution in [2.45, 2.75) is 36.9 Å². The summed E-state index contributed by atoms with van der Waals surface area (Å²) in [6, 6.07) is 7.34. The van der Waals surface area contributed by atoms with Gasteiger partial charge in [-0.15, -0.1) is 10.2 Å². The Morgan fingerprint density at radius 2 is 2.30 bits per heavy atom. The van der Waals surface area contributed by atoms with Crippen LogP contribution in [0.2, 0.25) is 5.02 Å². The first-order valence-corrected chi connectivity index (χ1v) is 8.79. The molecule has 1 aromatic carbocycles. The topological polar surface area (TPSA) is 85.8 Å². The van der Waals surface area contributed by atoms with E-state index in [0.717, 1.165) is 24.2 Å². The van der Waals surface area contributed by atoms with Gasteiger partial charge in [-0.2, -0.15) is 0 Å². The fraction of sp³-hybridized carbons (Fsp3) is 0.400. The lowest BCUT2D eigenvalue weighted by Gasteiger charge is -2.14. The number of hydrogen-bond donors (Lipinski definition) is 2. The largest absolute Gasteiger partial charge is 0.349 e. The monoisotopic (exact) mass is 351 g/mol. The number of rotatable bonds is 6. The van der Waals surface area contributed by atoms with Crippen LogP contribution in [0.1, 0.15) is 43.1 Å². The fourth-order valence-electron chi connectivity index (χ4n) is 2.28. The second-order valence-electron chi connectivity index (χ2n) is 5.62. The van der Waals surface area contributed by atoms with E-state index in [1.807, 2.05) is 25.1 Å². The first-order valence-electron chi connectivity index (χ1n) is 7.42. The third-order valence-electron chi connectivity index (χ3n) is 3.69. The molecule has 1 aromatic heterocycles. The van der Waals surface area contributed by atoms with E-state index in [1.165, 1.54) is 16.4 Å². The first kappa shape index (κ1) is 16.1. The molecule has 0 bridgehead atoms. The van der Waals surface area contributed by atoms with Crippen LogP contribution in [0.3, 0.4) is 0 Å². The zero-order valence-electron chi connectivity index (χ0n) is 12.7. The maximum Gasteiger partial charge on any atom is 0.230 e. The first-order chi connectivity index (χ1) is 11.0. The van der Waals surface area contributed by atoms with Crippen LogP contribution < -0.4 is 11.2 Å². The Morgan fingerprint density at radius 3 is 3.00 bits per heavy atom. The van der Waals surface area contributed by atoms with E-state index in [4.69, 9.17) is 17.4 Å². The lowest BCUT2D eigenvalue weighted by atomic mass is 10.1. The van der Waals surface area contributed by atoms with Gasteiger partial charge in [0.05, 0.1) is 11.8 Å². The molecule has 0 radical (unpaired) electrons. The van der Waals surface area contributed by atoms with E-state index in [9.17, 15) is 4.79 Å². The summed E-state index contributed by atoms with van der Waals surface area (Å²) in [6.45, 7) is 1.92. The number of thioether (sulfide) groups is 1. The molecule has 0 spiro atoms. The second-order valence-corrected chi connectivity index (χ2v) is 7.00. The molecule has 0 saturated heterocycles. The molecule has 3 rings (SSSR count). The Balaban J connectivity index is 1.53. The Morgan fingerprint density at radius 1 is 1.52 bits per heavy atom. The normalized spacial score (nSPS) is 15.4. The molecular formula is C15H18ClN5OS. The molecule has 23 heavy (non-hydrogen) atoms. The number of aromatic nitrogens is 3. The van der Waals surface area contributed by atoms with E-state index in [2.05, 4.69) is 15.5 Å². The zero-order chi connectivity index (χ0) is 16.4. The van der Waals surface area contributed by atoms with E-state index < -0.39 is 0 Å². The minimum Gasteiger partial charge on any atom is -0.349 e. The summed E-state index contributed by atoms with van der Waals surface area (Å²) in [6.07, 6.45) is 2.22. The number of nitrogen functional groups attached to an aromatic ring is 1. The molecular weight excluding hydrogens is 334 g/mol. The summed E-state index contributed by atoms with van der Waals surface area (Å²) in [5, 5.41) is 12.3. The summed E-state index contributed by atoms with van der Waals surface area (Å²) in [5.41, 5.74) is 0.967. The van der Waals surface area contributed by atoms with E-state index >= 15 is 0 Å². The van der Waals surface area contributed by atoms with Crippen molar-refractivity contribution in [3.05, 3.63) is 40.7 Å². The minimum atomic E-state index is -0.112. The highest BCUT2D eigenvalue weighted by atomic mass is 35.5. The van der Waals surface area contributed by atoms with Crippen LogP contribution in [-0.2, 0) is 4.79 Å². The van der Waals surface area contributed by atoms with E-state index in [0.29, 0.717) is 16.1 Å². The van der Waals surface area contributed by atoms with Crippen LogP contribution >= 0.6 is 23.4 Å². The van der Waals surface area contributed by atoms with Crippen molar-refractivity contribution in [3.8, 4) is 0 Å². The number of carbonyl (C=O) groups is 1. The highest BCUT2D eigenvalue weighted by Gasteiger charge is 2.30. The van der Waals surface area contributed by atoms with Gasteiger partial charge >= 0.3 is 0 Å². The SMILES string of the molecule is C[C@H](NC(=O)CSc1nnc(C2CC2)n1N)c1cccc(Cl)c1. The summed E-state index contributed by atoms with van der Waals surface area (Å²) in [7, 11) is 0. The van der Waals surface area contributed by atoms with Crippen LogP contribution in [0.25, 0.3) is 0 Å². The number of carbonyl (C=O) groups excluding carboxylic acids is 1. The number of hydrogen-bond acceptors (Lipinski definition) is 5. The van der Waals surface area contributed by atoms with Crippen LogP contribution in [0.5, 0.6) is 0 Å². The van der Waals surface area contributed by atoms with Gasteiger partial charge in [0.2, 0.25) is 11.1 Å². The summed E-state index contributed by atoms with van der Waals surface area (Å²) >= 11 is 7.26. The maximum absolute atomic E-state index is 12.1. The van der Waals surface area contributed by atoms with Gasteiger partial charge < -0.3 is 11.2 Å². The van der Waals surface area contributed by atoms with Gasteiger partial charge in [0, 0.05) is 10.9 Å². The predicted molar refractivity (Wildman–Crippen MR) is 90.9 cm³/mol. The number of amides is 1. The molecule has 1 heterocycles. The molecule has 1 saturated carbocycles. The highest BCUT2D eigenvalue weighted by molar-refractivity contribution is 7.99. The van der Waals surface area contributed by atoms with Crippen LogP contribution in [0, 0.1) is 0 Å². The van der Waals surface area contributed by atoms with E-state index in [1.54, 1.807) is 6.07 Å². The van der Waals surface area contributed by atoms with Crippen molar-refractivity contribution in [1.29, 1.82) is 0 Å². The molecule has 8 heteroatoms. The Kier molecular flexibility index (Phi) is 4.77. The Bertz CT molecular complexity index is 716. The number of halogens is 1. The van der Waals surface area contributed by atoms with Gasteiger partial charge in [0.15, 0.2) is 5.82 Å². The number of benzene rings is 1. The molecule has 1 aliphatic carbocycles. The van der Waals surface area contributed by atoms with Crippen molar-refractivity contribution < 1.29 is 4.79 Å². The minimum absolute atomic E-state index is 0.0848. The summed E-state index contributed by atoms with van der Waals surface area (Å²) < 4.78 is 1.50. The lowest BCUT2D eigenvalue weighted by molar-refractivity contribution is -0.119. The molecule has 1 fully saturated rings. The molecule has 2 aromatic rings. The van der Waals surface area contributed by atoms with Gasteiger partial charge in [-0.3, -0.25) is 4.79 Å². The van der Waals surface area contributed by atoms with Gasteiger partial charge in [-0.05, 0) is 37.5 Å². The number of nitrogens with one attached hydrogen (secondary N) is 1. The average Bonchev–Trinajstić information content (AvgIpc) is 3.29. The molecule has 0 unspecified atom stereocenters. The quantitative estimate of drug-likeness (QED) is 0.617. The molecule has 0 aliphatic heterocycles. The second kappa shape index (κ2) is 6.80. The Labute approximate surface area is 143 Å². The molecule has 3 N–H and O–H groups in total. The summed E-state index contributed by atoms with van der Waals surface area (Å²) in [5.74, 6) is 7.36. The predicted octanol–water partition coefficient (Wildman–Crippen LogP) is 2.49. The standard InChI is InChI=1S/C15H18ClN5OS/c1-9(11-3-2-4-12(16)7-11)18-13(22)8-23-15-20-19-14(21(15)17)10-5-6-10/h2-4,7,9-10H,5-6,8,17H2,1H3,(H,18,22)/t9-/m0/s1. The third kappa shape index (κ3) is 3.97. The van der Waals surface area contributed by atoms with Crippen molar-refractivity contribution in [2.75, 3.05) is 11.6 Å². The van der Waals surface area contributed by atoms with Crippen molar-refractivity contribution in [2.24, 2.45) is 0 Å². The van der Waals surface area contributed by atoms with E-state index in [-0.39, 0.29) is 17.7 Å². The van der Waals surface area contributed by atoms with Crippen molar-refractivity contribution in [3.63, 3.8) is 0 Å². The van der Waals surface area contributed by atoms with Gasteiger partial charge in [0.1, 0.15) is 0 Å². The smallest absolute Gasteiger partial charge is 0.230 e. The van der Waals surface area contributed by atoms with Crippen molar-refractivity contribution >= 4 is 29.3 Å². The fourth-order valence-corrected chi connectivity index (χ4v) is 3.15. The van der Waals surface area contributed by atoms with Crippen molar-refractivity contribution in [1.82, 2.24) is 20.2 Å². The molecule has 1 amide bonds. The number of nitrogens with zero attached hydrogens (tertiary/aromatic N) is 3. The van der Waals surface area contributed by atoms with Crippen LogP contribution in [-0.4, -0.2) is 26.5 Å². The maximum atomic E-state index is 12.1. The van der Waals surface area contributed by atoms with Gasteiger partial charge in [-0.1, -0.05) is 35.5 Å². The van der Waals surface area contributed by atoms with Crippen LogP contribution in [0.15, 0.2) is 29.4 Å².